The molecular weight excluding hydrogens is 370 g/mol. The van der Waals surface area contributed by atoms with E-state index in [2.05, 4.69) is 57.8 Å². The Kier molecular flexibility index (Phi) is 7.42. The van der Waals surface area contributed by atoms with Crippen LogP contribution in [0.15, 0.2) is 40.8 Å². The summed E-state index contributed by atoms with van der Waals surface area (Å²) >= 11 is 1.37. The van der Waals surface area contributed by atoms with Crippen LogP contribution in [-0.4, -0.2) is 54.5 Å². The Bertz CT molecular complexity index is 789. The molecular formula is C21H29N5OS. The number of aryl methyl sites for hydroxylation is 1. The van der Waals surface area contributed by atoms with Crippen LogP contribution in [-0.2, 0) is 6.42 Å². The maximum absolute atomic E-state index is 12.2. The summed E-state index contributed by atoms with van der Waals surface area (Å²) < 4.78 is 0. The van der Waals surface area contributed by atoms with Crippen LogP contribution in [0.25, 0.3) is 0 Å². The molecule has 1 saturated heterocycles. The minimum atomic E-state index is -0.0655. The van der Waals surface area contributed by atoms with Crippen molar-refractivity contribution < 1.29 is 4.79 Å². The second-order valence-corrected chi connectivity index (χ2v) is 7.90. The molecule has 1 aliphatic rings. The lowest BCUT2D eigenvalue weighted by atomic mass is 9.99. The molecule has 1 aromatic heterocycles. The molecule has 1 fully saturated rings. The molecule has 1 unspecified atom stereocenters. The average Bonchev–Trinajstić information content (AvgIpc) is 3.34. The third-order valence-corrected chi connectivity index (χ3v) is 5.83. The minimum absolute atomic E-state index is 0.0655. The zero-order valence-electron chi connectivity index (χ0n) is 16.6. The number of amides is 1. The third kappa shape index (κ3) is 5.55. The predicted molar refractivity (Wildman–Crippen MR) is 115 cm³/mol. The molecule has 1 atom stereocenters. The standard InChI is InChI=1S/C21H29N5OS/c1-3-22-21(24-11-10-23-20(27)19-16(2)25-15-28-19)26-12-9-18(14-26)13-17-7-5-4-6-8-17/h4-8,15,18H,3,9-14H2,1-2H3,(H,22,24)(H,23,27). The van der Waals surface area contributed by atoms with Crippen molar-refractivity contribution in [3.63, 3.8) is 0 Å². The largest absolute Gasteiger partial charge is 0.357 e. The summed E-state index contributed by atoms with van der Waals surface area (Å²) in [6.45, 7) is 7.90. The van der Waals surface area contributed by atoms with Gasteiger partial charge in [-0.25, -0.2) is 4.98 Å². The van der Waals surface area contributed by atoms with E-state index < -0.39 is 0 Å². The average molecular weight is 400 g/mol. The highest BCUT2D eigenvalue weighted by Gasteiger charge is 2.24. The smallest absolute Gasteiger partial charge is 0.263 e. The number of hydrogen-bond acceptors (Lipinski definition) is 4. The van der Waals surface area contributed by atoms with Gasteiger partial charge in [0.15, 0.2) is 5.96 Å². The van der Waals surface area contributed by atoms with Crippen LogP contribution in [0.5, 0.6) is 0 Å². The number of guanidine groups is 1. The number of carbonyl (C=O) groups excluding carboxylic acids is 1. The Morgan fingerprint density at radius 1 is 1.32 bits per heavy atom. The number of hydrogen-bond donors (Lipinski definition) is 2. The van der Waals surface area contributed by atoms with Crippen LogP contribution in [0.3, 0.4) is 0 Å². The lowest BCUT2D eigenvalue weighted by Crippen LogP contribution is -2.40. The maximum Gasteiger partial charge on any atom is 0.263 e. The Hall–Kier alpha value is -2.41. The van der Waals surface area contributed by atoms with Gasteiger partial charge >= 0.3 is 0 Å². The van der Waals surface area contributed by atoms with E-state index in [0.29, 0.717) is 23.9 Å². The van der Waals surface area contributed by atoms with Gasteiger partial charge in [-0.15, -0.1) is 11.3 Å². The van der Waals surface area contributed by atoms with Crippen LogP contribution < -0.4 is 10.6 Å². The highest BCUT2D eigenvalue weighted by Crippen LogP contribution is 2.20. The van der Waals surface area contributed by atoms with Crippen molar-refractivity contribution in [3.05, 3.63) is 52.0 Å². The molecule has 3 rings (SSSR count). The summed E-state index contributed by atoms with van der Waals surface area (Å²) in [4.78, 5) is 24.0. The molecule has 1 amide bonds. The second kappa shape index (κ2) is 10.2. The lowest BCUT2D eigenvalue weighted by molar-refractivity contribution is 0.0958. The van der Waals surface area contributed by atoms with E-state index >= 15 is 0 Å². The number of aromatic nitrogens is 1. The van der Waals surface area contributed by atoms with Gasteiger partial charge in [0.05, 0.1) is 17.7 Å². The number of nitrogens with one attached hydrogen (secondary N) is 2. The summed E-state index contributed by atoms with van der Waals surface area (Å²) in [6, 6.07) is 10.7. The van der Waals surface area contributed by atoms with Crippen molar-refractivity contribution in [1.82, 2.24) is 20.5 Å². The summed E-state index contributed by atoms with van der Waals surface area (Å²) in [7, 11) is 0. The first-order valence-corrected chi connectivity index (χ1v) is 10.8. The number of nitrogens with zero attached hydrogens (tertiary/aromatic N) is 3. The third-order valence-electron chi connectivity index (χ3n) is 4.90. The molecule has 0 aliphatic carbocycles. The highest BCUT2D eigenvalue weighted by atomic mass is 32.1. The first-order valence-electron chi connectivity index (χ1n) is 9.92. The molecule has 1 aromatic carbocycles. The fraction of sp³-hybridized carbons (Fsp3) is 0.476. The van der Waals surface area contributed by atoms with Crippen molar-refractivity contribution in [2.24, 2.45) is 10.9 Å². The number of rotatable bonds is 7. The normalized spacial score (nSPS) is 17.0. The van der Waals surface area contributed by atoms with E-state index in [1.54, 1.807) is 5.51 Å². The lowest BCUT2D eigenvalue weighted by Gasteiger charge is -2.21. The van der Waals surface area contributed by atoms with E-state index in [-0.39, 0.29) is 5.91 Å². The SMILES string of the molecule is CCNC(=NCCNC(=O)c1scnc1C)N1CCC(Cc2ccccc2)C1. The van der Waals surface area contributed by atoms with Crippen LogP contribution >= 0.6 is 11.3 Å². The first-order chi connectivity index (χ1) is 13.7. The van der Waals surface area contributed by atoms with E-state index in [1.165, 1.54) is 23.3 Å². The molecule has 0 radical (unpaired) electrons. The van der Waals surface area contributed by atoms with Crippen molar-refractivity contribution in [2.45, 2.75) is 26.7 Å². The molecule has 2 heterocycles. The summed E-state index contributed by atoms with van der Waals surface area (Å²) in [5.74, 6) is 1.53. The summed E-state index contributed by atoms with van der Waals surface area (Å²) in [5.41, 5.74) is 3.88. The zero-order chi connectivity index (χ0) is 19.8. The summed E-state index contributed by atoms with van der Waals surface area (Å²) in [6.07, 6.45) is 2.29. The number of aliphatic imine (C=N–C) groups is 1. The molecule has 0 saturated carbocycles. The molecule has 7 heteroatoms. The van der Waals surface area contributed by atoms with Crippen molar-refractivity contribution in [1.29, 1.82) is 0 Å². The van der Waals surface area contributed by atoms with Crippen molar-refractivity contribution in [3.8, 4) is 0 Å². The Labute approximate surface area is 171 Å². The topological polar surface area (TPSA) is 69.6 Å². The van der Waals surface area contributed by atoms with Gasteiger partial charge in [0, 0.05) is 26.2 Å². The second-order valence-electron chi connectivity index (χ2n) is 7.05. The quantitative estimate of drug-likeness (QED) is 0.427. The van der Waals surface area contributed by atoms with E-state index in [1.807, 2.05) is 6.92 Å². The summed E-state index contributed by atoms with van der Waals surface area (Å²) in [5, 5.41) is 6.32. The van der Waals surface area contributed by atoms with Crippen LogP contribution in [0.2, 0.25) is 0 Å². The molecule has 2 aromatic rings. The first kappa shape index (κ1) is 20.3. The molecule has 0 spiro atoms. The molecule has 0 bridgehead atoms. The van der Waals surface area contributed by atoms with Crippen molar-refractivity contribution >= 4 is 23.2 Å². The zero-order valence-corrected chi connectivity index (χ0v) is 17.5. The van der Waals surface area contributed by atoms with Gasteiger partial charge in [-0.2, -0.15) is 0 Å². The minimum Gasteiger partial charge on any atom is -0.357 e. The number of thiazole rings is 1. The van der Waals surface area contributed by atoms with E-state index in [0.717, 1.165) is 37.7 Å². The molecule has 6 nitrogen and oxygen atoms in total. The van der Waals surface area contributed by atoms with Gasteiger partial charge in [0.2, 0.25) is 0 Å². The number of carbonyl (C=O) groups is 1. The van der Waals surface area contributed by atoms with Gasteiger partial charge in [-0.05, 0) is 38.2 Å². The van der Waals surface area contributed by atoms with Gasteiger partial charge < -0.3 is 15.5 Å². The Balaban J connectivity index is 1.48. The van der Waals surface area contributed by atoms with Gasteiger partial charge in [0.25, 0.3) is 5.91 Å². The molecule has 150 valence electrons. The fourth-order valence-corrected chi connectivity index (χ4v) is 4.21. The van der Waals surface area contributed by atoms with Gasteiger partial charge in [-0.3, -0.25) is 9.79 Å². The maximum atomic E-state index is 12.2. The number of benzene rings is 1. The monoisotopic (exact) mass is 399 g/mol. The van der Waals surface area contributed by atoms with E-state index in [9.17, 15) is 4.79 Å². The Morgan fingerprint density at radius 2 is 2.14 bits per heavy atom. The predicted octanol–water partition coefficient (Wildman–Crippen LogP) is 2.71. The van der Waals surface area contributed by atoms with Crippen LogP contribution in [0.1, 0.15) is 34.3 Å². The molecule has 28 heavy (non-hydrogen) atoms. The van der Waals surface area contributed by atoms with Crippen LogP contribution in [0.4, 0.5) is 0 Å². The highest BCUT2D eigenvalue weighted by molar-refractivity contribution is 7.11. The Morgan fingerprint density at radius 3 is 2.86 bits per heavy atom. The van der Waals surface area contributed by atoms with E-state index in [4.69, 9.17) is 4.99 Å². The number of likely N-dealkylation sites (tertiary alicyclic amines) is 1. The molecule has 2 N–H and O–H groups in total. The molecule has 1 aliphatic heterocycles. The van der Waals surface area contributed by atoms with Gasteiger partial charge in [-0.1, -0.05) is 30.3 Å². The fourth-order valence-electron chi connectivity index (χ4n) is 3.50. The van der Waals surface area contributed by atoms with Crippen LogP contribution in [0, 0.1) is 12.8 Å². The van der Waals surface area contributed by atoms with Gasteiger partial charge in [0.1, 0.15) is 4.88 Å². The van der Waals surface area contributed by atoms with Crippen molar-refractivity contribution in [2.75, 3.05) is 32.7 Å².